The Balaban J connectivity index is 1.68. The number of aliphatic hydroxyl groups excluding tert-OH is 1. The molecule has 3 aromatic rings. The molecule has 0 saturated heterocycles. The SMILES string of the molecule is Cc1cc(=O)[nH]c2cc3c(cc12)OC(C)(C)[C@H](O)C3C=NCCc1ccccc1. The number of aromatic amines is 1. The van der Waals surface area contributed by atoms with Crippen molar-refractivity contribution in [1.82, 2.24) is 4.98 Å². The molecule has 1 aromatic heterocycles. The van der Waals surface area contributed by atoms with Gasteiger partial charge >= 0.3 is 0 Å². The summed E-state index contributed by atoms with van der Waals surface area (Å²) in [4.78, 5) is 19.4. The molecule has 1 aliphatic heterocycles. The predicted molar refractivity (Wildman–Crippen MR) is 116 cm³/mol. The molecular formula is C24H26N2O3. The Morgan fingerprint density at radius 1 is 1.21 bits per heavy atom. The maximum atomic E-state index is 11.9. The van der Waals surface area contributed by atoms with Crippen LogP contribution < -0.4 is 10.3 Å². The van der Waals surface area contributed by atoms with Crippen molar-refractivity contribution < 1.29 is 9.84 Å². The Morgan fingerprint density at radius 2 is 1.97 bits per heavy atom. The molecule has 1 unspecified atom stereocenters. The Labute approximate surface area is 170 Å². The van der Waals surface area contributed by atoms with Crippen LogP contribution in [0.1, 0.15) is 36.5 Å². The van der Waals surface area contributed by atoms with Crippen molar-refractivity contribution >= 4 is 17.1 Å². The zero-order valence-electron chi connectivity index (χ0n) is 17.0. The minimum absolute atomic E-state index is 0.138. The molecule has 0 radical (unpaired) electrons. The number of aliphatic hydroxyl groups is 1. The number of hydrogen-bond donors (Lipinski definition) is 2. The number of aryl methyl sites for hydroxylation is 1. The molecule has 2 heterocycles. The molecule has 0 aliphatic carbocycles. The molecule has 0 bridgehead atoms. The van der Waals surface area contributed by atoms with Crippen molar-refractivity contribution in [3.63, 3.8) is 0 Å². The molecule has 0 saturated carbocycles. The third-order valence-corrected chi connectivity index (χ3v) is 5.60. The number of hydrogen-bond acceptors (Lipinski definition) is 4. The molecule has 4 rings (SSSR count). The largest absolute Gasteiger partial charge is 0.485 e. The first-order chi connectivity index (χ1) is 13.8. The summed E-state index contributed by atoms with van der Waals surface area (Å²) < 4.78 is 6.13. The molecule has 1 aliphatic rings. The third-order valence-electron chi connectivity index (χ3n) is 5.60. The summed E-state index contributed by atoms with van der Waals surface area (Å²) in [5, 5.41) is 11.9. The van der Waals surface area contributed by atoms with E-state index in [2.05, 4.69) is 22.1 Å². The summed E-state index contributed by atoms with van der Waals surface area (Å²) in [7, 11) is 0. The van der Waals surface area contributed by atoms with Crippen LogP contribution in [0.3, 0.4) is 0 Å². The van der Waals surface area contributed by atoms with Crippen LogP contribution in [0.25, 0.3) is 10.9 Å². The van der Waals surface area contributed by atoms with Gasteiger partial charge in [0, 0.05) is 35.3 Å². The molecule has 29 heavy (non-hydrogen) atoms. The van der Waals surface area contributed by atoms with Gasteiger partial charge in [-0.05, 0) is 50.5 Å². The summed E-state index contributed by atoms with van der Waals surface area (Å²) in [5.74, 6) is 0.417. The molecule has 5 nitrogen and oxygen atoms in total. The van der Waals surface area contributed by atoms with E-state index >= 15 is 0 Å². The summed E-state index contributed by atoms with van der Waals surface area (Å²) in [5.41, 5.74) is 2.83. The van der Waals surface area contributed by atoms with E-state index in [1.807, 2.05) is 57.3 Å². The van der Waals surface area contributed by atoms with Gasteiger partial charge in [0.05, 0.1) is 5.92 Å². The first-order valence-electron chi connectivity index (χ1n) is 9.94. The molecule has 2 N–H and O–H groups in total. The second-order valence-electron chi connectivity index (χ2n) is 8.22. The van der Waals surface area contributed by atoms with E-state index in [1.54, 1.807) is 6.07 Å². The quantitative estimate of drug-likeness (QED) is 0.666. The normalized spacial score (nSPS) is 20.6. The molecule has 0 amide bonds. The summed E-state index contributed by atoms with van der Waals surface area (Å²) in [6, 6.07) is 15.7. The first kappa shape index (κ1) is 19.4. The Hall–Kier alpha value is -2.92. The average molecular weight is 390 g/mol. The number of rotatable bonds is 4. The molecule has 0 spiro atoms. The van der Waals surface area contributed by atoms with Gasteiger partial charge in [-0.3, -0.25) is 9.79 Å². The fraction of sp³-hybridized carbons (Fsp3) is 0.333. The second-order valence-corrected chi connectivity index (χ2v) is 8.22. The van der Waals surface area contributed by atoms with Crippen LogP contribution in [0.15, 0.2) is 58.3 Å². The van der Waals surface area contributed by atoms with Crippen LogP contribution in [-0.4, -0.2) is 34.6 Å². The second kappa shape index (κ2) is 7.48. The van der Waals surface area contributed by atoms with Crippen molar-refractivity contribution in [2.75, 3.05) is 6.54 Å². The van der Waals surface area contributed by atoms with Crippen molar-refractivity contribution in [2.45, 2.75) is 44.8 Å². The van der Waals surface area contributed by atoms with Crippen LogP contribution in [-0.2, 0) is 6.42 Å². The molecule has 5 heteroatoms. The zero-order chi connectivity index (χ0) is 20.6. The fourth-order valence-corrected chi connectivity index (χ4v) is 3.95. The van der Waals surface area contributed by atoms with Crippen LogP contribution in [0.4, 0.5) is 0 Å². The number of benzene rings is 2. The topological polar surface area (TPSA) is 74.7 Å². The monoisotopic (exact) mass is 390 g/mol. The molecular weight excluding hydrogens is 364 g/mol. The van der Waals surface area contributed by atoms with Crippen molar-refractivity contribution in [2.24, 2.45) is 4.99 Å². The molecule has 0 fully saturated rings. The Kier molecular flexibility index (Phi) is 5.01. The van der Waals surface area contributed by atoms with E-state index in [9.17, 15) is 9.90 Å². The van der Waals surface area contributed by atoms with Gasteiger partial charge in [-0.2, -0.15) is 0 Å². The maximum Gasteiger partial charge on any atom is 0.248 e. The van der Waals surface area contributed by atoms with Gasteiger partial charge in [-0.1, -0.05) is 30.3 Å². The van der Waals surface area contributed by atoms with E-state index in [0.717, 1.165) is 34.2 Å². The van der Waals surface area contributed by atoms with Crippen LogP contribution in [0.5, 0.6) is 5.75 Å². The van der Waals surface area contributed by atoms with Crippen LogP contribution in [0, 0.1) is 6.92 Å². The van der Waals surface area contributed by atoms with Crippen LogP contribution in [0.2, 0.25) is 0 Å². The number of fused-ring (bicyclic) bond motifs is 2. The third kappa shape index (κ3) is 3.83. The average Bonchev–Trinajstić information content (AvgIpc) is 2.68. The number of nitrogens with one attached hydrogen (secondary N) is 1. The minimum Gasteiger partial charge on any atom is -0.485 e. The number of nitrogens with zero attached hydrogens (tertiary/aromatic N) is 1. The highest BCUT2D eigenvalue weighted by atomic mass is 16.5. The van der Waals surface area contributed by atoms with E-state index in [4.69, 9.17) is 4.74 Å². The maximum absolute atomic E-state index is 11.9. The number of pyridine rings is 1. The smallest absolute Gasteiger partial charge is 0.248 e. The first-order valence-corrected chi connectivity index (χ1v) is 9.94. The lowest BCUT2D eigenvalue weighted by molar-refractivity contribution is -0.0458. The van der Waals surface area contributed by atoms with Crippen molar-refractivity contribution in [3.05, 3.63) is 75.6 Å². The van der Waals surface area contributed by atoms with E-state index in [0.29, 0.717) is 6.54 Å². The minimum atomic E-state index is -0.746. The lowest BCUT2D eigenvalue weighted by atomic mass is 9.81. The van der Waals surface area contributed by atoms with Gasteiger partial charge in [-0.25, -0.2) is 0 Å². The lowest BCUT2D eigenvalue weighted by Crippen LogP contribution is -2.49. The van der Waals surface area contributed by atoms with Gasteiger partial charge < -0.3 is 14.8 Å². The predicted octanol–water partition coefficient (Wildman–Crippen LogP) is 3.77. The van der Waals surface area contributed by atoms with Crippen LogP contribution >= 0.6 is 0 Å². The Bertz CT molecular complexity index is 1120. The van der Waals surface area contributed by atoms with E-state index in [1.165, 1.54) is 5.56 Å². The highest BCUT2D eigenvalue weighted by Crippen LogP contribution is 2.42. The van der Waals surface area contributed by atoms with Gasteiger partial charge in [0.1, 0.15) is 17.5 Å². The van der Waals surface area contributed by atoms with E-state index < -0.39 is 11.7 Å². The highest BCUT2D eigenvalue weighted by molar-refractivity contribution is 5.86. The molecule has 2 aromatic carbocycles. The summed E-state index contributed by atoms with van der Waals surface area (Å²) in [6.07, 6.45) is 1.93. The molecule has 2 atom stereocenters. The van der Waals surface area contributed by atoms with Gasteiger partial charge in [0.25, 0.3) is 0 Å². The number of aliphatic imine (C=N–C) groups is 1. The number of aromatic nitrogens is 1. The van der Waals surface area contributed by atoms with Gasteiger partial charge in [-0.15, -0.1) is 0 Å². The Morgan fingerprint density at radius 3 is 2.72 bits per heavy atom. The van der Waals surface area contributed by atoms with Gasteiger partial charge in [0.15, 0.2) is 0 Å². The fourth-order valence-electron chi connectivity index (χ4n) is 3.95. The molecule has 150 valence electrons. The zero-order valence-corrected chi connectivity index (χ0v) is 17.0. The summed E-state index contributed by atoms with van der Waals surface area (Å²) in [6.45, 7) is 6.33. The van der Waals surface area contributed by atoms with Crippen molar-refractivity contribution in [1.29, 1.82) is 0 Å². The lowest BCUT2D eigenvalue weighted by Gasteiger charge is -2.41. The van der Waals surface area contributed by atoms with E-state index in [-0.39, 0.29) is 11.5 Å². The highest BCUT2D eigenvalue weighted by Gasteiger charge is 2.42. The van der Waals surface area contributed by atoms with Crippen molar-refractivity contribution in [3.8, 4) is 5.75 Å². The number of H-pyrrole nitrogens is 1. The standard InChI is InChI=1S/C24H26N2O3/c1-15-11-22(27)26-20-12-18-19(14-25-10-9-16-7-5-4-6-8-16)23(28)24(2,3)29-21(18)13-17(15)20/h4-8,11-14,19,23,28H,9-10H2,1-3H3,(H,26,27)/t19?,23-/m1/s1. The van der Waals surface area contributed by atoms with Gasteiger partial charge in [0.2, 0.25) is 5.56 Å². The summed E-state index contributed by atoms with van der Waals surface area (Å²) >= 11 is 0. The number of ether oxygens (including phenoxy) is 1.